The van der Waals surface area contributed by atoms with Crippen LogP contribution in [0, 0.1) is 0 Å². The van der Waals surface area contributed by atoms with Crippen molar-refractivity contribution in [2.75, 3.05) is 11.9 Å². The monoisotopic (exact) mass is 415 g/mol. The van der Waals surface area contributed by atoms with Gasteiger partial charge in [0.1, 0.15) is 0 Å². The normalized spacial score (nSPS) is 15.3. The second-order valence-corrected chi connectivity index (χ2v) is 7.75. The van der Waals surface area contributed by atoms with Crippen LogP contribution >= 0.6 is 35.0 Å². The zero-order valence-electron chi connectivity index (χ0n) is 13.7. The van der Waals surface area contributed by atoms with Crippen LogP contribution in [-0.4, -0.2) is 43.7 Å². The molecule has 26 heavy (non-hydrogen) atoms. The predicted molar refractivity (Wildman–Crippen MR) is 97.2 cm³/mol. The van der Waals surface area contributed by atoms with Gasteiger partial charge in [-0.05, 0) is 19.4 Å². The van der Waals surface area contributed by atoms with Crippen molar-refractivity contribution in [1.82, 2.24) is 20.1 Å². The van der Waals surface area contributed by atoms with Gasteiger partial charge in [-0.2, -0.15) is 0 Å². The molecule has 138 valence electrons. The molecular weight excluding hydrogens is 401 g/mol. The molecule has 1 atom stereocenters. The van der Waals surface area contributed by atoms with Crippen LogP contribution in [0.15, 0.2) is 21.9 Å². The number of anilines is 1. The fourth-order valence-corrected chi connectivity index (χ4v) is 3.44. The van der Waals surface area contributed by atoms with E-state index in [1.54, 1.807) is 11.8 Å². The first-order valence-electron chi connectivity index (χ1n) is 7.81. The quantitative estimate of drug-likeness (QED) is 0.723. The molecule has 1 aliphatic rings. The number of hydrogen-bond acceptors (Lipinski definition) is 7. The van der Waals surface area contributed by atoms with Gasteiger partial charge in [-0.25, -0.2) is 4.98 Å². The van der Waals surface area contributed by atoms with Crippen LogP contribution in [0.3, 0.4) is 0 Å². The molecule has 1 aliphatic heterocycles. The average molecular weight is 416 g/mol. The SMILES string of the molecule is C[C@H](Sc1nnc(CN2CCCC2=O)o1)C(=O)Nc1ncc(Cl)cc1Cl. The summed E-state index contributed by atoms with van der Waals surface area (Å²) in [6.45, 7) is 2.67. The van der Waals surface area contributed by atoms with E-state index < -0.39 is 5.25 Å². The molecule has 1 fully saturated rings. The number of hydrogen-bond donors (Lipinski definition) is 1. The molecule has 1 N–H and O–H groups in total. The zero-order valence-corrected chi connectivity index (χ0v) is 16.1. The summed E-state index contributed by atoms with van der Waals surface area (Å²) in [6, 6.07) is 1.49. The third-order valence-electron chi connectivity index (χ3n) is 3.64. The lowest BCUT2D eigenvalue weighted by Crippen LogP contribution is -2.24. The van der Waals surface area contributed by atoms with Crippen molar-refractivity contribution in [3.8, 4) is 0 Å². The minimum atomic E-state index is -0.523. The van der Waals surface area contributed by atoms with E-state index in [-0.39, 0.29) is 34.4 Å². The molecule has 0 radical (unpaired) electrons. The second-order valence-electron chi connectivity index (χ2n) is 5.61. The highest BCUT2D eigenvalue weighted by Gasteiger charge is 2.24. The third kappa shape index (κ3) is 4.66. The molecule has 0 saturated carbocycles. The fourth-order valence-electron chi connectivity index (χ4n) is 2.31. The number of carbonyl (C=O) groups excluding carboxylic acids is 2. The molecule has 2 aromatic heterocycles. The molecule has 0 aromatic carbocycles. The molecule has 8 nitrogen and oxygen atoms in total. The minimum Gasteiger partial charge on any atom is -0.414 e. The highest BCUT2D eigenvalue weighted by molar-refractivity contribution is 8.00. The van der Waals surface area contributed by atoms with Gasteiger partial charge >= 0.3 is 0 Å². The summed E-state index contributed by atoms with van der Waals surface area (Å²) in [6.07, 6.45) is 2.78. The molecule has 3 heterocycles. The van der Waals surface area contributed by atoms with Crippen LogP contribution < -0.4 is 5.32 Å². The van der Waals surface area contributed by atoms with Crippen LogP contribution in [0.2, 0.25) is 10.0 Å². The predicted octanol–water partition coefficient (Wildman–Crippen LogP) is 3.01. The number of pyridine rings is 1. The first-order chi connectivity index (χ1) is 12.4. The number of thioether (sulfide) groups is 1. The molecule has 2 amide bonds. The molecular formula is C15H15Cl2N5O3S. The van der Waals surface area contributed by atoms with Gasteiger partial charge in [-0.15, -0.1) is 10.2 Å². The number of halogens is 2. The number of nitrogens with one attached hydrogen (secondary N) is 1. The molecule has 3 rings (SSSR count). The maximum Gasteiger partial charge on any atom is 0.277 e. The number of rotatable bonds is 6. The van der Waals surface area contributed by atoms with E-state index in [2.05, 4.69) is 20.5 Å². The Balaban J connectivity index is 1.56. The summed E-state index contributed by atoms with van der Waals surface area (Å²) >= 11 is 12.9. The van der Waals surface area contributed by atoms with Crippen LogP contribution in [0.5, 0.6) is 0 Å². The number of amides is 2. The first-order valence-corrected chi connectivity index (χ1v) is 9.44. The Morgan fingerprint density at radius 3 is 2.96 bits per heavy atom. The maximum absolute atomic E-state index is 12.3. The highest BCUT2D eigenvalue weighted by atomic mass is 35.5. The maximum atomic E-state index is 12.3. The summed E-state index contributed by atoms with van der Waals surface area (Å²) in [7, 11) is 0. The largest absolute Gasteiger partial charge is 0.414 e. The molecule has 11 heteroatoms. The highest BCUT2D eigenvalue weighted by Crippen LogP contribution is 2.26. The molecule has 2 aromatic rings. The summed E-state index contributed by atoms with van der Waals surface area (Å²) < 4.78 is 5.51. The number of likely N-dealkylation sites (tertiary alicyclic amines) is 1. The van der Waals surface area contributed by atoms with E-state index in [1.807, 2.05) is 0 Å². The van der Waals surface area contributed by atoms with Gasteiger partial charge < -0.3 is 14.6 Å². The zero-order chi connectivity index (χ0) is 18.7. The Hall–Kier alpha value is -1.84. The van der Waals surface area contributed by atoms with Crippen LogP contribution in [0.25, 0.3) is 0 Å². The molecule has 0 spiro atoms. The minimum absolute atomic E-state index is 0.0810. The third-order valence-corrected chi connectivity index (χ3v) is 5.07. The van der Waals surface area contributed by atoms with E-state index in [1.165, 1.54) is 12.3 Å². The van der Waals surface area contributed by atoms with Crippen molar-refractivity contribution in [3.63, 3.8) is 0 Å². The number of nitrogens with zero attached hydrogens (tertiary/aromatic N) is 4. The van der Waals surface area contributed by atoms with Crippen LogP contribution in [0.1, 0.15) is 25.7 Å². The Bertz CT molecular complexity index is 831. The van der Waals surface area contributed by atoms with Crippen molar-refractivity contribution < 1.29 is 14.0 Å². The lowest BCUT2D eigenvalue weighted by molar-refractivity contribution is -0.128. The summed E-state index contributed by atoms with van der Waals surface area (Å²) in [5, 5.41) is 10.8. The van der Waals surface area contributed by atoms with Crippen molar-refractivity contribution >= 4 is 52.6 Å². The molecule has 1 saturated heterocycles. The molecule has 0 bridgehead atoms. The van der Waals surface area contributed by atoms with Gasteiger partial charge in [-0.1, -0.05) is 35.0 Å². The van der Waals surface area contributed by atoms with E-state index >= 15 is 0 Å². The van der Waals surface area contributed by atoms with Crippen molar-refractivity contribution in [1.29, 1.82) is 0 Å². The van der Waals surface area contributed by atoms with Crippen molar-refractivity contribution in [2.24, 2.45) is 0 Å². The summed E-state index contributed by atoms with van der Waals surface area (Å²) in [5.74, 6) is 0.337. The Labute approximate surface area is 163 Å². The van der Waals surface area contributed by atoms with Crippen LogP contribution in [-0.2, 0) is 16.1 Å². The van der Waals surface area contributed by atoms with Gasteiger partial charge in [0, 0.05) is 19.2 Å². The fraction of sp³-hybridized carbons (Fsp3) is 0.400. The van der Waals surface area contributed by atoms with Crippen molar-refractivity contribution in [2.45, 2.75) is 36.8 Å². The summed E-state index contributed by atoms with van der Waals surface area (Å²) in [5.41, 5.74) is 0. The van der Waals surface area contributed by atoms with E-state index in [9.17, 15) is 9.59 Å². The van der Waals surface area contributed by atoms with Crippen molar-refractivity contribution in [3.05, 3.63) is 28.2 Å². The standard InChI is InChI=1S/C15H15Cl2N5O3S/c1-8(14(24)19-13-10(17)5-9(16)6-18-13)26-15-21-20-11(25-15)7-22-4-2-3-12(22)23/h5-6,8H,2-4,7H2,1H3,(H,18,19,24)/t8-/m0/s1. The average Bonchev–Trinajstić information content (AvgIpc) is 3.20. The van der Waals surface area contributed by atoms with E-state index in [0.717, 1.165) is 18.2 Å². The number of carbonyl (C=O) groups is 2. The van der Waals surface area contributed by atoms with E-state index in [0.29, 0.717) is 23.9 Å². The molecule has 0 aliphatic carbocycles. The van der Waals surface area contributed by atoms with Gasteiger partial charge in [0.15, 0.2) is 5.82 Å². The summed E-state index contributed by atoms with van der Waals surface area (Å²) in [4.78, 5) is 29.6. The van der Waals surface area contributed by atoms with Gasteiger partial charge in [0.05, 0.1) is 21.8 Å². The Morgan fingerprint density at radius 2 is 2.27 bits per heavy atom. The smallest absolute Gasteiger partial charge is 0.277 e. The van der Waals surface area contributed by atoms with Gasteiger partial charge in [-0.3, -0.25) is 9.59 Å². The van der Waals surface area contributed by atoms with Gasteiger partial charge in [0.2, 0.25) is 17.7 Å². The lowest BCUT2D eigenvalue weighted by atomic mass is 10.4. The topological polar surface area (TPSA) is 101 Å². The van der Waals surface area contributed by atoms with E-state index in [4.69, 9.17) is 27.6 Å². The van der Waals surface area contributed by atoms with Gasteiger partial charge in [0.25, 0.3) is 5.22 Å². The first kappa shape index (κ1) is 18.9. The van der Waals surface area contributed by atoms with Crippen LogP contribution in [0.4, 0.5) is 5.82 Å². The Morgan fingerprint density at radius 1 is 1.46 bits per heavy atom. The molecule has 0 unspecified atom stereocenters. The Kier molecular flexibility index (Phi) is 6.00. The second kappa shape index (κ2) is 8.24. The lowest BCUT2D eigenvalue weighted by Gasteiger charge is -2.12. The number of aromatic nitrogens is 3.